The van der Waals surface area contributed by atoms with Gasteiger partial charge in [0.05, 0.1) is 30.3 Å². The summed E-state index contributed by atoms with van der Waals surface area (Å²) in [7, 11) is 1.57. The van der Waals surface area contributed by atoms with Gasteiger partial charge >= 0.3 is 5.97 Å². The highest BCUT2D eigenvalue weighted by Crippen LogP contribution is 2.28. The van der Waals surface area contributed by atoms with E-state index in [0.29, 0.717) is 23.8 Å². The zero-order valence-corrected chi connectivity index (χ0v) is 13.4. The van der Waals surface area contributed by atoms with Crippen LogP contribution in [0.4, 0.5) is 0 Å². The van der Waals surface area contributed by atoms with Crippen molar-refractivity contribution in [2.24, 2.45) is 0 Å². The van der Waals surface area contributed by atoms with Gasteiger partial charge in [0.2, 0.25) is 5.88 Å². The van der Waals surface area contributed by atoms with Gasteiger partial charge in [-0.1, -0.05) is 12.1 Å². The molecule has 6 heteroatoms. The van der Waals surface area contributed by atoms with E-state index in [4.69, 9.17) is 9.47 Å². The maximum atomic E-state index is 11.9. The largest absolute Gasteiger partial charge is 0.480 e. The number of nitrogens with zero attached hydrogens (tertiary/aromatic N) is 2. The summed E-state index contributed by atoms with van der Waals surface area (Å²) >= 11 is 0. The van der Waals surface area contributed by atoms with E-state index in [9.17, 15) is 4.79 Å². The summed E-state index contributed by atoms with van der Waals surface area (Å²) < 4.78 is 10.2. The Labute approximate surface area is 139 Å². The number of rotatable bonds is 5. The summed E-state index contributed by atoms with van der Waals surface area (Å²) in [6.07, 6.45) is 3.15. The van der Waals surface area contributed by atoms with Gasteiger partial charge in [0.1, 0.15) is 0 Å². The van der Waals surface area contributed by atoms with Crippen LogP contribution in [-0.2, 0) is 9.53 Å². The van der Waals surface area contributed by atoms with E-state index in [1.165, 1.54) is 6.08 Å². The van der Waals surface area contributed by atoms with E-state index in [0.717, 1.165) is 16.5 Å². The molecule has 0 amide bonds. The van der Waals surface area contributed by atoms with Gasteiger partial charge in [0, 0.05) is 17.8 Å². The van der Waals surface area contributed by atoms with Crippen LogP contribution in [-0.4, -0.2) is 34.9 Å². The Kier molecular flexibility index (Phi) is 4.56. The lowest BCUT2D eigenvalue weighted by Crippen LogP contribution is -2.02. The van der Waals surface area contributed by atoms with Crippen molar-refractivity contribution in [2.75, 3.05) is 13.7 Å². The third-order valence-corrected chi connectivity index (χ3v) is 3.52. The molecule has 24 heavy (non-hydrogen) atoms. The molecule has 0 aliphatic heterocycles. The Morgan fingerprint density at radius 1 is 1.29 bits per heavy atom. The number of nitrogens with one attached hydrogen (secondary N) is 1. The highest BCUT2D eigenvalue weighted by Gasteiger charge is 2.12. The number of hydrogen-bond donors (Lipinski definition) is 1. The standard InChI is InChI=1S/C18H17N3O3/c1-3-24-17(22)11-14(15-6-4-5-9-19-15)12-7-8-13-16(10-12)20-21-18(13)23-2/h4-11H,3H2,1-2H3,(H,20,21)/b14-11-. The fraction of sp³-hybridized carbons (Fsp3) is 0.167. The molecular formula is C18H17N3O3. The molecule has 2 aromatic heterocycles. The summed E-state index contributed by atoms with van der Waals surface area (Å²) in [6.45, 7) is 2.09. The first-order valence-corrected chi connectivity index (χ1v) is 7.55. The fourth-order valence-electron chi connectivity index (χ4n) is 2.45. The highest BCUT2D eigenvalue weighted by molar-refractivity contribution is 5.97. The number of hydrogen-bond acceptors (Lipinski definition) is 5. The minimum absolute atomic E-state index is 0.321. The van der Waals surface area contributed by atoms with Gasteiger partial charge in [-0.3, -0.25) is 10.1 Å². The van der Waals surface area contributed by atoms with Crippen LogP contribution in [0.2, 0.25) is 0 Å². The summed E-state index contributed by atoms with van der Waals surface area (Å²) in [4.78, 5) is 16.3. The Balaban J connectivity index is 2.10. The predicted octanol–water partition coefficient (Wildman–Crippen LogP) is 2.96. The van der Waals surface area contributed by atoms with Crippen LogP contribution in [0.25, 0.3) is 16.5 Å². The smallest absolute Gasteiger partial charge is 0.331 e. The third kappa shape index (κ3) is 3.12. The molecular weight excluding hydrogens is 306 g/mol. The summed E-state index contributed by atoms with van der Waals surface area (Å²) in [6, 6.07) is 11.3. The second kappa shape index (κ2) is 6.95. The molecule has 6 nitrogen and oxygen atoms in total. The molecule has 0 aliphatic carbocycles. The van der Waals surface area contributed by atoms with Crippen molar-refractivity contribution in [3.63, 3.8) is 0 Å². The molecule has 0 spiro atoms. The monoisotopic (exact) mass is 323 g/mol. The Morgan fingerprint density at radius 2 is 2.17 bits per heavy atom. The molecule has 3 aromatic rings. The van der Waals surface area contributed by atoms with Gasteiger partial charge in [-0.05, 0) is 36.8 Å². The van der Waals surface area contributed by atoms with E-state index in [1.807, 2.05) is 36.4 Å². The average molecular weight is 323 g/mol. The normalized spacial score (nSPS) is 11.5. The minimum atomic E-state index is -0.402. The highest BCUT2D eigenvalue weighted by atomic mass is 16.5. The van der Waals surface area contributed by atoms with Crippen LogP contribution >= 0.6 is 0 Å². The molecule has 0 atom stereocenters. The molecule has 1 N–H and O–H groups in total. The quantitative estimate of drug-likeness (QED) is 0.577. The number of fused-ring (bicyclic) bond motifs is 1. The molecule has 122 valence electrons. The Hall–Kier alpha value is -3.15. The first kappa shape index (κ1) is 15.7. The lowest BCUT2D eigenvalue weighted by atomic mass is 10.0. The molecule has 0 saturated carbocycles. The average Bonchev–Trinajstić information content (AvgIpc) is 3.03. The number of benzene rings is 1. The SMILES string of the molecule is CCOC(=O)/C=C(/c1ccc2c(OC)n[nH]c2c1)c1ccccn1. The number of aromatic nitrogens is 3. The zero-order valence-electron chi connectivity index (χ0n) is 13.4. The molecule has 0 aliphatic rings. The first-order chi connectivity index (χ1) is 11.7. The molecule has 0 fully saturated rings. The number of esters is 1. The van der Waals surface area contributed by atoms with Gasteiger partial charge in [-0.15, -0.1) is 5.10 Å². The number of pyridine rings is 1. The summed E-state index contributed by atoms with van der Waals surface area (Å²) in [5.41, 5.74) is 3.02. The first-order valence-electron chi connectivity index (χ1n) is 7.55. The lowest BCUT2D eigenvalue weighted by molar-refractivity contribution is -0.137. The molecule has 2 heterocycles. The Morgan fingerprint density at radius 3 is 2.88 bits per heavy atom. The second-order valence-electron chi connectivity index (χ2n) is 5.02. The molecule has 1 aromatic carbocycles. The third-order valence-electron chi connectivity index (χ3n) is 3.52. The number of H-pyrrole nitrogens is 1. The maximum absolute atomic E-state index is 11.9. The van der Waals surface area contributed by atoms with Crippen LogP contribution in [0.3, 0.4) is 0 Å². The fourth-order valence-corrected chi connectivity index (χ4v) is 2.45. The van der Waals surface area contributed by atoms with Gasteiger partial charge in [-0.25, -0.2) is 4.79 Å². The van der Waals surface area contributed by atoms with Crippen molar-refractivity contribution < 1.29 is 14.3 Å². The maximum Gasteiger partial charge on any atom is 0.331 e. The number of carbonyl (C=O) groups is 1. The minimum Gasteiger partial charge on any atom is -0.480 e. The topological polar surface area (TPSA) is 77.1 Å². The number of aromatic amines is 1. The van der Waals surface area contributed by atoms with Crippen LogP contribution in [0.5, 0.6) is 5.88 Å². The van der Waals surface area contributed by atoms with Crippen molar-refractivity contribution in [3.05, 3.63) is 59.9 Å². The van der Waals surface area contributed by atoms with Crippen molar-refractivity contribution in [2.45, 2.75) is 6.92 Å². The number of ether oxygens (including phenoxy) is 2. The lowest BCUT2D eigenvalue weighted by Gasteiger charge is -2.08. The number of methoxy groups -OCH3 is 1. The van der Waals surface area contributed by atoms with E-state index in [-0.39, 0.29) is 0 Å². The van der Waals surface area contributed by atoms with Crippen LogP contribution in [0, 0.1) is 0 Å². The molecule has 0 bridgehead atoms. The van der Waals surface area contributed by atoms with E-state index in [2.05, 4.69) is 15.2 Å². The predicted molar refractivity (Wildman–Crippen MR) is 90.6 cm³/mol. The van der Waals surface area contributed by atoms with Crippen LogP contribution in [0.15, 0.2) is 48.7 Å². The van der Waals surface area contributed by atoms with Crippen LogP contribution in [0.1, 0.15) is 18.2 Å². The van der Waals surface area contributed by atoms with Gasteiger partial charge < -0.3 is 9.47 Å². The zero-order chi connectivity index (χ0) is 16.9. The number of carbonyl (C=O) groups excluding carboxylic acids is 1. The van der Waals surface area contributed by atoms with Gasteiger partial charge in [-0.2, -0.15) is 0 Å². The van der Waals surface area contributed by atoms with Gasteiger partial charge in [0.25, 0.3) is 0 Å². The van der Waals surface area contributed by atoms with E-state index >= 15 is 0 Å². The van der Waals surface area contributed by atoms with Gasteiger partial charge in [0.15, 0.2) is 0 Å². The second-order valence-corrected chi connectivity index (χ2v) is 5.02. The molecule has 0 saturated heterocycles. The van der Waals surface area contributed by atoms with Crippen molar-refractivity contribution in [1.29, 1.82) is 0 Å². The van der Waals surface area contributed by atoms with Crippen molar-refractivity contribution in [3.8, 4) is 5.88 Å². The van der Waals surface area contributed by atoms with Crippen molar-refractivity contribution >= 4 is 22.4 Å². The summed E-state index contributed by atoms with van der Waals surface area (Å²) in [5.74, 6) is 0.130. The van der Waals surface area contributed by atoms with Crippen molar-refractivity contribution in [1.82, 2.24) is 15.2 Å². The summed E-state index contributed by atoms with van der Waals surface area (Å²) in [5, 5.41) is 7.90. The van der Waals surface area contributed by atoms with E-state index in [1.54, 1.807) is 20.2 Å². The van der Waals surface area contributed by atoms with Crippen LogP contribution < -0.4 is 4.74 Å². The Bertz CT molecular complexity index is 885. The van der Waals surface area contributed by atoms with E-state index < -0.39 is 5.97 Å². The molecule has 0 radical (unpaired) electrons. The molecule has 3 rings (SSSR count). The molecule has 0 unspecified atom stereocenters.